The van der Waals surface area contributed by atoms with Crippen molar-refractivity contribution in [3.63, 3.8) is 0 Å². The van der Waals surface area contributed by atoms with Crippen molar-refractivity contribution in [2.45, 2.75) is 32.2 Å². The molecule has 0 radical (unpaired) electrons. The molecule has 0 aliphatic carbocycles. The monoisotopic (exact) mass is 211 g/mol. The van der Waals surface area contributed by atoms with Crippen LogP contribution >= 0.6 is 0 Å². The number of hydrogen-bond donors (Lipinski definition) is 0. The molecule has 4 nitrogen and oxygen atoms in total. The Kier molecular flexibility index (Phi) is 4.34. The molecule has 15 heavy (non-hydrogen) atoms. The molecule has 0 unspecified atom stereocenters. The molecule has 0 aromatic rings. The number of carbonyl (C=O) groups is 2. The Bertz CT molecular complexity index is 263. The van der Waals surface area contributed by atoms with Crippen molar-refractivity contribution in [1.29, 1.82) is 0 Å². The Morgan fingerprint density at radius 3 is 2.93 bits per heavy atom. The van der Waals surface area contributed by atoms with Gasteiger partial charge in [0, 0.05) is 19.0 Å². The fraction of sp³-hybridized carbons (Fsp3) is 0.636. The molecule has 0 spiro atoms. The van der Waals surface area contributed by atoms with E-state index in [0.717, 1.165) is 12.8 Å². The molecule has 0 aromatic carbocycles. The van der Waals surface area contributed by atoms with Gasteiger partial charge in [0.15, 0.2) is 0 Å². The summed E-state index contributed by atoms with van der Waals surface area (Å²) in [5, 5.41) is 0. The topological polar surface area (TPSA) is 46.6 Å². The molecule has 0 aromatic heterocycles. The van der Waals surface area contributed by atoms with Crippen LogP contribution in [-0.2, 0) is 9.53 Å². The first-order valence-electron chi connectivity index (χ1n) is 5.19. The number of nitrogens with zero attached hydrogens (tertiary/aromatic N) is 1. The van der Waals surface area contributed by atoms with Crippen LogP contribution in [0.3, 0.4) is 0 Å². The van der Waals surface area contributed by atoms with E-state index in [-0.39, 0.29) is 24.5 Å². The number of ketones is 1. The predicted octanol–water partition coefficient (Wildman–Crippen LogP) is 1.75. The molecule has 1 fully saturated rings. The highest BCUT2D eigenvalue weighted by molar-refractivity contribution is 5.77. The average molecular weight is 211 g/mol. The number of ether oxygens (including phenoxy) is 1. The van der Waals surface area contributed by atoms with Gasteiger partial charge in [-0.25, -0.2) is 4.79 Å². The van der Waals surface area contributed by atoms with Crippen LogP contribution in [0.25, 0.3) is 0 Å². The van der Waals surface area contributed by atoms with Gasteiger partial charge in [-0.3, -0.25) is 4.79 Å². The fourth-order valence-electron chi connectivity index (χ4n) is 1.83. The van der Waals surface area contributed by atoms with E-state index < -0.39 is 0 Å². The molecular weight excluding hydrogens is 194 g/mol. The fourth-order valence-corrected chi connectivity index (χ4v) is 1.83. The summed E-state index contributed by atoms with van der Waals surface area (Å²) < 4.78 is 4.94. The van der Waals surface area contributed by atoms with Gasteiger partial charge in [-0.05, 0) is 19.8 Å². The highest BCUT2D eigenvalue weighted by atomic mass is 16.6. The van der Waals surface area contributed by atoms with E-state index in [4.69, 9.17) is 4.74 Å². The predicted molar refractivity (Wildman–Crippen MR) is 56.6 cm³/mol. The molecule has 1 aliphatic heterocycles. The van der Waals surface area contributed by atoms with Crippen LogP contribution < -0.4 is 0 Å². The van der Waals surface area contributed by atoms with E-state index in [1.165, 1.54) is 6.08 Å². The second-order valence-corrected chi connectivity index (χ2v) is 3.76. The lowest BCUT2D eigenvalue weighted by Crippen LogP contribution is -2.37. The number of carbonyl (C=O) groups excluding carboxylic acids is 2. The molecular formula is C11H17NO3. The Hall–Kier alpha value is -1.32. The molecule has 1 heterocycles. The molecule has 1 saturated heterocycles. The Morgan fingerprint density at radius 1 is 1.60 bits per heavy atom. The average Bonchev–Trinajstić information content (AvgIpc) is 2.61. The quantitative estimate of drug-likeness (QED) is 0.665. The van der Waals surface area contributed by atoms with Gasteiger partial charge >= 0.3 is 6.09 Å². The first-order chi connectivity index (χ1) is 7.15. The van der Waals surface area contributed by atoms with Crippen LogP contribution in [0.2, 0.25) is 0 Å². The third-order valence-corrected chi connectivity index (χ3v) is 2.46. The maximum atomic E-state index is 11.5. The molecule has 1 rings (SSSR count). The minimum Gasteiger partial charge on any atom is -0.445 e. The second-order valence-electron chi connectivity index (χ2n) is 3.76. The summed E-state index contributed by atoms with van der Waals surface area (Å²) in [4.78, 5) is 24.2. The molecule has 4 heteroatoms. The van der Waals surface area contributed by atoms with E-state index in [2.05, 4.69) is 6.58 Å². The number of hydrogen-bond acceptors (Lipinski definition) is 3. The highest BCUT2D eigenvalue weighted by Gasteiger charge is 2.30. The summed E-state index contributed by atoms with van der Waals surface area (Å²) >= 11 is 0. The lowest BCUT2D eigenvalue weighted by atomic mass is 10.1. The molecule has 1 atom stereocenters. The maximum Gasteiger partial charge on any atom is 0.410 e. The van der Waals surface area contributed by atoms with Crippen LogP contribution in [-0.4, -0.2) is 36.0 Å². The van der Waals surface area contributed by atoms with Crippen LogP contribution in [0.1, 0.15) is 26.2 Å². The van der Waals surface area contributed by atoms with Crippen molar-refractivity contribution in [3.05, 3.63) is 12.7 Å². The standard InChI is InChI=1S/C11H17NO3/c1-3-7-15-11(14)12-6-4-5-10(12)8-9(2)13/h3,10H,1,4-8H2,2H3/t10-/m0/s1. The first-order valence-corrected chi connectivity index (χ1v) is 5.19. The van der Waals surface area contributed by atoms with Crippen LogP contribution in [0.15, 0.2) is 12.7 Å². The summed E-state index contributed by atoms with van der Waals surface area (Å²) in [6, 6.07) is 0.0276. The summed E-state index contributed by atoms with van der Waals surface area (Å²) in [6.07, 6.45) is 3.47. The molecule has 1 amide bonds. The van der Waals surface area contributed by atoms with Gasteiger partial charge in [-0.2, -0.15) is 0 Å². The van der Waals surface area contributed by atoms with Gasteiger partial charge in [0.25, 0.3) is 0 Å². The van der Waals surface area contributed by atoms with Gasteiger partial charge in [-0.15, -0.1) is 0 Å². The van der Waals surface area contributed by atoms with Crippen molar-refractivity contribution in [1.82, 2.24) is 4.90 Å². The minimum absolute atomic E-state index is 0.0276. The second kappa shape index (κ2) is 5.53. The number of amides is 1. The number of rotatable bonds is 4. The molecule has 0 saturated carbocycles. The van der Waals surface area contributed by atoms with Gasteiger partial charge in [0.1, 0.15) is 12.4 Å². The molecule has 0 bridgehead atoms. The van der Waals surface area contributed by atoms with Crippen molar-refractivity contribution in [2.75, 3.05) is 13.2 Å². The van der Waals surface area contributed by atoms with Gasteiger partial charge < -0.3 is 9.64 Å². The van der Waals surface area contributed by atoms with E-state index in [9.17, 15) is 9.59 Å². The lowest BCUT2D eigenvalue weighted by molar-refractivity contribution is -0.117. The molecule has 1 aliphatic rings. The zero-order valence-electron chi connectivity index (χ0n) is 9.07. The van der Waals surface area contributed by atoms with E-state index in [0.29, 0.717) is 13.0 Å². The van der Waals surface area contributed by atoms with Crippen molar-refractivity contribution in [3.8, 4) is 0 Å². The van der Waals surface area contributed by atoms with Gasteiger partial charge in [0.05, 0.1) is 0 Å². The van der Waals surface area contributed by atoms with Crippen LogP contribution in [0.4, 0.5) is 4.79 Å². The summed E-state index contributed by atoms with van der Waals surface area (Å²) in [5.74, 6) is 0.114. The molecule has 0 N–H and O–H groups in total. The molecule has 84 valence electrons. The zero-order chi connectivity index (χ0) is 11.3. The minimum atomic E-state index is -0.335. The third kappa shape index (κ3) is 3.38. The maximum absolute atomic E-state index is 11.5. The van der Waals surface area contributed by atoms with E-state index in [1.807, 2.05) is 0 Å². The van der Waals surface area contributed by atoms with Crippen molar-refractivity contribution in [2.24, 2.45) is 0 Å². The van der Waals surface area contributed by atoms with E-state index in [1.54, 1.807) is 11.8 Å². The van der Waals surface area contributed by atoms with Gasteiger partial charge in [-0.1, -0.05) is 12.7 Å². The normalized spacial score (nSPS) is 20.1. The highest BCUT2D eigenvalue weighted by Crippen LogP contribution is 2.21. The number of Topliss-reactive ketones (excluding diaryl/α,β-unsaturated/α-hetero) is 1. The Balaban J connectivity index is 2.47. The summed E-state index contributed by atoms with van der Waals surface area (Å²) in [7, 11) is 0. The summed E-state index contributed by atoms with van der Waals surface area (Å²) in [6.45, 7) is 5.94. The third-order valence-electron chi connectivity index (χ3n) is 2.46. The Labute approximate surface area is 89.9 Å². The van der Waals surface area contributed by atoms with Crippen molar-refractivity contribution < 1.29 is 14.3 Å². The summed E-state index contributed by atoms with van der Waals surface area (Å²) in [5.41, 5.74) is 0. The smallest absolute Gasteiger partial charge is 0.410 e. The van der Waals surface area contributed by atoms with Crippen LogP contribution in [0.5, 0.6) is 0 Å². The van der Waals surface area contributed by atoms with Crippen molar-refractivity contribution >= 4 is 11.9 Å². The number of likely N-dealkylation sites (tertiary alicyclic amines) is 1. The first kappa shape index (κ1) is 11.8. The lowest BCUT2D eigenvalue weighted by Gasteiger charge is -2.22. The van der Waals surface area contributed by atoms with E-state index >= 15 is 0 Å². The zero-order valence-corrected chi connectivity index (χ0v) is 9.07. The largest absolute Gasteiger partial charge is 0.445 e. The SMILES string of the molecule is C=CCOC(=O)N1CCC[C@H]1CC(C)=O. The Morgan fingerprint density at radius 2 is 2.33 bits per heavy atom. The van der Waals surface area contributed by atoms with Gasteiger partial charge in [0.2, 0.25) is 0 Å². The van der Waals surface area contributed by atoms with Crippen LogP contribution in [0, 0.1) is 0 Å².